The Hall–Kier alpha value is -2.68. The maximum Gasteiger partial charge on any atom is 0.224 e. The van der Waals surface area contributed by atoms with Gasteiger partial charge in [-0.05, 0) is 31.5 Å². The van der Waals surface area contributed by atoms with Gasteiger partial charge >= 0.3 is 0 Å². The van der Waals surface area contributed by atoms with Crippen LogP contribution in [0.5, 0.6) is 11.6 Å². The highest BCUT2D eigenvalue weighted by Gasteiger charge is 2.28. The Labute approximate surface area is 164 Å². The molecule has 0 spiro atoms. The zero-order valence-electron chi connectivity index (χ0n) is 15.6. The lowest BCUT2D eigenvalue weighted by Crippen LogP contribution is -2.44. The van der Waals surface area contributed by atoms with E-state index in [2.05, 4.69) is 20.6 Å². The van der Waals surface area contributed by atoms with Gasteiger partial charge in [-0.15, -0.1) is 0 Å². The van der Waals surface area contributed by atoms with E-state index in [1.54, 1.807) is 24.4 Å². The van der Waals surface area contributed by atoms with Crippen molar-refractivity contribution >= 4 is 15.8 Å². The van der Waals surface area contributed by atoms with E-state index >= 15 is 0 Å². The molecule has 7 nitrogen and oxygen atoms in total. The first-order chi connectivity index (χ1) is 13.4. The van der Waals surface area contributed by atoms with Crippen molar-refractivity contribution in [2.75, 3.05) is 18.1 Å². The van der Waals surface area contributed by atoms with Crippen LogP contribution in [0.15, 0.2) is 47.6 Å². The Morgan fingerprint density at radius 3 is 2.93 bits per heavy atom. The van der Waals surface area contributed by atoms with E-state index in [4.69, 9.17) is 4.74 Å². The first kappa shape index (κ1) is 20.1. The van der Waals surface area contributed by atoms with E-state index in [0.717, 1.165) is 5.56 Å². The van der Waals surface area contributed by atoms with Gasteiger partial charge < -0.3 is 15.4 Å². The van der Waals surface area contributed by atoms with Gasteiger partial charge in [0.1, 0.15) is 11.6 Å². The van der Waals surface area contributed by atoms with Gasteiger partial charge in [-0.2, -0.15) is 0 Å². The fourth-order valence-corrected chi connectivity index (χ4v) is 4.54. The molecule has 1 unspecified atom stereocenters. The summed E-state index contributed by atoms with van der Waals surface area (Å²) >= 11 is 0. The predicted molar refractivity (Wildman–Crippen MR) is 106 cm³/mol. The molecule has 2 heterocycles. The molecular weight excluding hydrogens is 383 g/mol. The van der Waals surface area contributed by atoms with Gasteiger partial charge in [0.15, 0.2) is 15.8 Å². The van der Waals surface area contributed by atoms with Gasteiger partial charge in [0.25, 0.3) is 0 Å². The van der Waals surface area contributed by atoms with Crippen molar-refractivity contribution in [1.82, 2.24) is 15.6 Å². The first-order valence-electron chi connectivity index (χ1n) is 9.08. The minimum atomic E-state index is -2.97. The summed E-state index contributed by atoms with van der Waals surface area (Å²) in [6.45, 7) is 2.85. The van der Waals surface area contributed by atoms with Crippen LogP contribution >= 0.6 is 0 Å². The summed E-state index contributed by atoms with van der Waals surface area (Å²) in [5, 5.41) is 6.29. The molecule has 1 aromatic heterocycles. The number of guanidine groups is 1. The lowest BCUT2D eigenvalue weighted by Gasteiger charge is -2.16. The first-order valence-corrected chi connectivity index (χ1v) is 10.9. The molecule has 2 N–H and O–H groups in total. The number of aliphatic imine (C=N–C) groups is 1. The summed E-state index contributed by atoms with van der Waals surface area (Å²) < 4.78 is 42.4. The monoisotopic (exact) mass is 406 g/mol. The molecule has 0 aliphatic carbocycles. The van der Waals surface area contributed by atoms with Crippen LogP contribution < -0.4 is 15.4 Å². The summed E-state index contributed by atoms with van der Waals surface area (Å²) in [6, 6.07) is 9.29. The van der Waals surface area contributed by atoms with E-state index < -0.39 is 15.7 Å². The highest BCUT2D eigenvalue weighted by atomic mass is 32.2. The average molecular weight is 406 g/mol. The van der Waals surface area contributed by atoms with Crippen molar-refractivity contribution in [2.45, 2.75) is 25.9 Å². The van der Waals surface area contributed by atoms with Crippen molar-refractivity contribution in [2.24, 2.45) is 4.99 Å². The van der Waals surface area contributed by atoms with Crippen LogP contribution in [0.3, 0.4) is 0 Å². The molecule has 1 aliphatic rings. The molecular formula is C19H23FN4O3S. The second kappa shape index (κ2) is 9.01. The molecule has 1 aliphatic heterocycles. The minimum Gasteiger partial charge on any atom is -0.439 e. The molecule has 0 amide bonds. The molecule has 28 heavy (non-hydrogen) atoms. The van der Waals surface area contributed by atoms with Crippen molar-refractivity contribution in [3.05, 3.63) is 54.0 Å². The number of halogens is 1. The maximum atomic E-state index is 13.4. The maximum absolute atomic E-state index is 13.4. The molecule has 1 aromatic carbocycles. The van der Waals surface area contributed by atoms with Crippen molar-refractivity contribution in [3.63, 3.8) is 0 Å². The van der Waals surface area contributed by atoms with Crippen LogP contribution in [0.4, 0.5) is 4.39 Å². The van der Waals surface area contributed by atoms with Crippen LogP contribution in [0.1, 0.15) is 18.9 Å². The van der Waals surface area contributed by atoms with Crippen LogP contribution in [-0.2, 0) is 16.4 Å². The number of ether oxygens (including phenoxy) is 1. The zero-order chi connectivity index (χ0) is 20.0. The van der Waals surface area contributed by atoms with Crippen molar-refractivity contribution < 1.29 is 17.5 Å². The molecule has 0 bridgehead atoms. The number of sulfone groups is 1. The second-order valence-electron chi connectivity index (χ2n) is 6.47. The predicted octanol–water partition coefficient (Wildman–Crippen LogP) is 2.26. The summed E-state index contributed by atoms with van der Waals surface area (Å²) in [5.41, 5.74) is 0.725. The van der Waals surface area contributed by atoms with Crippen LogP contribution in [0.25, 0.3) is 0 Å². The summed E-state index contributed by atoms with van der Waals surface area (Å²) in [4.78, 5) is 8.74. The number of nitrogens with zero attached hydrogens (tertiary/aromatic N) is 2. The molecule has 1 atom stereocenters. The fraction of sp³-hybridized carbons (Fsp3) is 0.368. The quantitative estimate of drug-likeness (QED) is 0.565. The third kappa shape index (κ3) is 5.66. The van der Waals surface area contributed by atoms with Gasteiger partial charge in [-0.1, -0.05) is 12.1 Å². The Morgan fingerprint density at radius 2 is 2.21 bits per heavy atom. The molecule has 0 radical (unpaired) electrons. The summed E-state index contributed by atoms with van der Waals surface area (Å²) in [5.74, 6) is 1.14. The van der Waals surface area contributed by atoms with E-state index in [0.29, 0.717) is 30.6 Å². The topological polar surface area (TPSA) is 92.7 Å². The normalized spacial score (nSPS) is 18.6. The number of aromatic nitrogens is 1. The Morgan fingerprint density at radius 1 is 1.36 bits per heavy atom. The van der Waals surface area contributed by atoms with E-state index in [1.807, 2.05) is 13.0 Å². The van der Waals surface area contributed by atoms with Gasteiger partial charge in [-0.3, -0.25) is 0 Å². The molecule has 0 saturated carbocycles. The lowest BCUT2D eigenvalue weighted by atomic mass is 10.2. The third-order valence-electron chi connectivity index (χ3n) is 4.19. The zero-order valence-corrected chi connectivity index (χ0v) is 16.4. The number of rotatable bonds is 6. The van der Waals surface area contributed by atoms with Gasteiger partial charge in [0.2, 0.25) is 5.88 Å². The number of hydrogen-bond donors (Lipinski definition) is 2. The average Bonchev–Trinajstić information content (AvgIpc) is 2.99. The molecule has 150 valence electrons. The highest BCUT2D eigenvalue weighted by molar-refractivity contribution is 7.91. The van der Waals surface area contributed by atoms with Crippen molar-refractivity contribution in [1.29, 1.82) is 0 Å². The third-order valence-corrected chi connectivity index (χ3v) is 5.95. The smallest absolute Gasteiger partial charge is 0.224 e. The molecule has 1 fully saturated rings. The molecule has 9 heteroatoms. The molecule has 1 saturated heterocycles. The number of nitrogens with one attached hydrogen (secondary N) is 2. The number of benzene rings is 1. The molecule has 3 rings (SSSR count). The summed E-state index contributed by atoms with van der Waals surface area (Å²) in [6.07, 6.45) is 2.16. The number of hydrogen-bond acceptors (Lipinski definition) is 5. The van der Waals surface area contributed by atoms with E-state index in [1.165, 1.54) is 12.1 Å². The Bertz CT molecular complexity index is 950. The Kier molecular flexibility index (Phi) is 6.45. The van der Waals surface area contributed by atoms with E-state index in [-0.39, 0.29) is 24.1 Å². The van der Waals surface area contributed by atoms with Gasteiger partial charge in [0, 0.05) is 30.4 Å². The van der Waals surface area contributed by atoms with Gasteiger partial charge in [-0.25, -0.2) is 22.8 Å². The molecule has 2 aromatic rings. The standard InChI is InChI=1S/C19H23FN4O3S/c1-2-21-19(24-16-8-10-28(25,26)13-16)23-12-14-5-4-9-22-18(14)27-17-7-3-6-15(20)11-17/h3-7,9,11,16H,2,8,10,12-13H2,1H3,(H2,21,23,24). The largest absolute Gasteiger partial charge is 0.439 e. The van der Waals surface area contributed by atoms with Crippen molar-refractivity contribution in [3.8, 4) is 11.6 Å². The van der Waals surface area contributed by atoms with E-state index in [9.17, 15) is 12.8 Å². The SMILES string of the molecule is CCNC(=NCc1cccnc1Oc1cccc(F)c1)NC1CCS(=O)(=O)C1. The van der Waals surface area contributed by atoms with Crippen LogP contribution in [0, 0.1) is 5.82 Å². The summed E-state index contributed by atoms with van der Waals surface area (Å²) in [7, 11) is -2.97. The minimum absolute atomic E-state index is 0.109. The lowest BCUT2D eigenvalue weighted by molar-refractivity contribution is 0.452. The van der Waals surface area contributed by atoms with Crippen LogP contribution in [0.2, 0.25) is 0 Å². The fourth-order valence-electron chi connectivity index (χ4n) is 2.86. The number of pyridine rings is 1. The van der Waals surface area contributed by atoms with Crippen LogP contribution in [-0.4, -0.2) is 43.5 Å². The second-order valence-corrected chi connectivity index (χ2v) is 8.70. The van der Waals surface area contributed by atoms with Gasteiger partial charge in [0.05, 0.1) is 18.1 Å². The Balaban J connectivity index is 1.72. The highest BCUT2D eigenvalue weighted by Crippen LogP contribution is 2.24.